The number of anilines is 3. The molecule has 0 aliphatic rings. The van der Waals surface area contributed by atoms with E-state index in [9.17, 15) is 8.22 Å². The molecule has 0 radical (unpaired) electrons. The van der Waals surface area contributed by atoms with Crippen molar-refractivity contribution >= 4 is 60.2 Å². The molecule has 9 aromatic carbocycles. The normalized spacial score (nSPS) is 13.8. The van der Waals surface area contributed by atoms with Crippen molar-refractivity contribution in [3.05, 3.63) is 188 Å². The van der Waals surface area contributed by atoms with Gasteiger partial charge in [-0.1, -0.05) is 145 Å². The van der Waals surface area contributed by atoms with Crippen molar-refractivity contribution in [1.29, 1.82) is 0 Å². The fraction of sp³-hybridized carbons (Fsp3) is 0. The number of hydrogen-bond donors (Lipinski definition) is 0. The molecule has 0 N–H and O–H groups in total. The summed E-state index contributed by atoms with van der Waals surface area (Å²) in [6.45, 7) is 0. The highest BCUT2D eigenvalue weighted by atomic mass is 15.1. The Morgan fingerprint density at radius 1 is 0.362 bits per heavy atom. The summed E-state index contributed by atoms with van der Waals surface area (Å²) in [5.74, 6) is 0. The lowest BCUT2D eigenvalue weighted by molar-refractivity contribution is 1.30. The molecule has 220 valence electrons. The average molecular weight is 606 g/mol. The van der Waals surface area contributed by atoms with Crippen LogP contribution in [0.5, 0.6) is 0 Å². The first-order valence-corrected chi connectivity index (χ1v) is 15.5. The van der Waals surface area contributed by atoms with E-state index < -0.39 is 12.1 Å². The minimum absolute atomic E-state index is 0.119. The van der Waals surface area contributed by atoms with Crippen LogP contribution in [0, 0.1) is 0 Å². The Kier molecular flexibility index (Phi) is 4.83. The van der Waals surface area contributed by atoms with Gasteiger partial charge >= 0.3 is 0 Å². The van der Waals surface area contributed by atoms with E-state index in [1.165, 1.54) is 4.90 Å². The van der Waals surface area contributed by atoms with E-state index in [-0.39, 0.29) is 58.8 Å². The van der Waals surface area contributed by atoms with E-state index in [1.54, 1.807) is 18.2 Å². The van der Waals surface area contributed by atoms with Crippen LogP contribution in [-0.2, 0) is 0 Å². The van der Waals surface area contributed by atoms with Crippen molar-refractivity contribution < 1.29 is 11.0 Å². The Labute approximate surface area is 285 Å². The van der Waals surface area contributed by atoms with Crippen molar-refractivity contribution in [3.8, 4) is 22.3 Å². The minimum atomic E-state index is -0.435. The topological polar surface area (TPSA) is 3.24 Å². The Hall–Kier alpha value is -6.18. The summed E-state index contributed by atoms with van der Waals surface area (Å²) in [7, 11) is 0. The third kappa shape index (κ3) is 4.90. The molecule has 0 atom stereocenters. The van der Waals surface area contributed by atoms with Crippen molar-refractivity contribution in [3.63, 3.8) is 0 Å². The van der Waals surface area contributed by atoms with Gasteiger partial charge in [-0.3, -0.25) is 0 Å². The van der Waals surface area contributed by atoms with Gasteiger partial charge in [0.15, 0.2) is 0 Å². The lowest BCUT2D eigenvalue weighted by Gasteiger charge is -2.27. The fourth-order valence-corrected chi connectivity index (χ4v) is 6.42. The highest BCUT2D eigenvalue weighted by Crippen LogP contribution is 2.41. The van der Waals surface area contributed by atoms with Gasteiger partial charge in [-0.15, -0.1) is 0 Å². The molecule has 0 aromatic heterocycles. The van der Waals surface area contributed by atoms with Gasteiger partial charge in [0.05, 0.1) is 16.7 Å². The Balaban J connectivity index is 1.32. The van der Waals surface area contributed by atoms with Gasteiger partial charge in [0.25, 0.3) is 0 Å². The smallest absolute Gasteiger partial charge is 0.0651 e. The molecule has 0 saturated carbocycles. The highest BCUT2D eigenvalue weighted by Gasteiger charge is 2.16. The Morgan fingerprint density at radius 3 is 1.81 bits per heavy atom. The summed E-state index contributed by atoms with van der Waals surface area (Å²) in [4.78, 5) is 1.42. The first-order chi connectivity index (χ1) is 26.6. The van der Waals surface area contributed by atoms with E-state index in [0.29, 0.717) is 22.2 Å². The van der Waals surface area contributed by atoms with Crippen molar-refractivity contribution in [2.24, 2.45) is 0 Å². The van der Waals surface area contributed by atoms with Crippen LogP contribution in [0.2, 0.25) is 0 Å². The first-order valence-electron chi connectivity index (χ1n) is 19.5. The van der Waals surface area contributed by atoms with Crippen LogP contribution in [0.3, 0.4) is 0 Å². The minimum Gasteiger partial charge on any atom is -0.310 e. The molecule has 0 heterocycles. The predicted molar refractivity (Wildman–Crippen MR) is 202 cm³/mol. The molecule has 0 fully saturated rings. The van der Waals surface area contributed by atoms with E-state index >= 15 is 0 Å². The van der Waals surface area contributed by atoms with Crippen LogP contribution in [0.4, 0.5) is 17.1 Å². The summed E-state index contributed by atoms with van der Waals surface area (Å²) in [5, 5.41) is 7.40. The van der Waals surface area contributed by atoms with Gasteiger partial charge in [-0.25, -0.2) is 0 Å². The third-order valence-electron chi connectivity index (χ3n) is 8.75. The van der Waals surface area contributed by atoms with Crippen LogP contribution < -0.4 is 4.90 Å². The fourth-order valence-electron chi connectivity index (χ4n) is 6.42. The van der Waals surface area contributed by atoms with Crippen molar-refractivity contribution in [1.82, 2.24) is 0 Å². The maximum atomic E-state index is 9.69. The molecular weight excluding hydrogens is 567 g/mol. The van der Waals surface area contributed by atoms with Crippen molar-refractivity contribution in [2.75, 3.05) is 4.90 Å². The number of rotatable bonds is 5. The standard InChI is InChI=1S/C46H31N/c1-2-12-36-29-39(21-19-32(36)9-1)37-14-7-15-42(31-37)47(46-18-8-13-34-10-4-6-17-45(34)46)41-26-23-33(24-27-41)38-25-28-44-40(30-38)22-20-35-11-3-5-16-43(35)44/h1-31H/i7D,14D,15D,23D,24D,26D,27D,31D. The molecule has 0 saturated heterocycles. The molecule has 0 aliphatic heterocycles. The van der Waals surface area contributed by atoms with Crippen LogP contribution in [0.25, 0.3) is 65.3 Å². The van der Waals surface area contributed by atoms with E-state index in [4.69, 9.17) is 2.74 Å². The molecule has 0 amide bonds. The summed E-state index contributed by atoms with van der Waals surface area (Å²) in [6.07, 6.45) is 0. The van der Waals surface area contributed by atoms with Crippen LogP contribution in [-0.4, -0.2) is 0 Å². The summed E-state index contributed by atoms with van der Waals surface area (Å²) in [6, 6.07) is 41.2. The van der Waals surface area contributed by atoms with Crippen LogP contribution in [0.15, 0.2) is 188 Å². The van der Waals surface area contributed by atoms with Gasteiger partial charge < -0.3 is 4.90 Å². The molecule has 0 unspecified atom stereocenters. The zero-order chi connectivity index (χ0) is 38.1. The van der Waals surface area contributed by atoms with E-state index in [1.807, 2.05) is 121 Å². The zero-order valence-electron chi connectivity index (χ0n) is 33.2. The molecule has 1 heteroatoms. The monoisotopic (exact) mass is 605 g/mol. The summed E-state index contributed by atoms with van der Waals surface area (Å²) < 4.78 is 74.8. The number of fused-ring (bicyclic) bond motifs is 5. The molecule has 1 nitrogen and oxygen atoms in total. The molecule has 0 bridgehead atoms. The van der Waals surface area contributed by atoms with Gasteiger partial charge in [0, 0.05) is 16.8 Å². The van der Waals surface area contributed by atoms with Gasteiger partial charge in [0.2, 0.25) is 0 Å². The Bertz CT molecular complexity index is 3010. The molecule has 0 aliphatic carbocycles. The molecule has 47 heavy (non-hydrogen) atoms. The van der Waals surface area contributed by atoms with E-state index in [0.717, 1.165) is 37.7 Å². The van der Waals surface area contributed by atoms with Gasteiger partial charge in [0.1, 0.15) is 0 Å². The SMILES string of the molecule is [2H]c1c([2H])c(-c2ccc3ccccc3c2)c([2H])c(N(c2c([2H])c([2H])c(-c3ccc4c(ccc5ccccc54)c3)c([2H])c2[2H])c2cccc3ccccc23)c1[2H]. The quantitative estimate of drug-likeness (QED) is 0.176. The highest BCUT2D eigenvalue weighted by molar-refractivity contribution is 6.08. The molecular formula is C46H31N. The maximum Gasteiger partial charge on any atom is 0.0651 e. The molecule has 0 spiro atoms. The Morgan fingerprint density at radius 2 is 0.957 bits per heavy atom. The maximum absolute atomic E-state index is 9.69. The second kappa shape index (κ2) is 11.3. The third-order valence-corrected chi connectivity index (χ3v) is 8.75. The molecule has 9 aromatic rings. The average Bonchev–Trinajstić information content (AvgIpc) is 3.21. The first kappa shape index (κ1) is 20.0. The molecule has 9 rings (SSSR count). The second-order valence-corrected chi connectivity index (χ2v) is 11.6. The largest absolute Gasteiger partial charge is 0.310 e. The summed E-state index contributed by atoms with van der Waals surface area (Å²) >= 11 is 0. The zero-order valence-corrected chi connectivity index (χ0v) is 25.2. The van der Waals surface area contributed by atoms with E-state index in [2.05, 4.69) is 0 Å². The lowest BCUT2D eigenvalue weighted by Crippen LogP contribution is -2.10. The van der Waals surface area contributed by atoms with Gasteiger partial charge in [-0.05, 0) is 102 Å². The number of benzene rings is 9. The number of hydrogen-bond acceptors (Lipinski definition) is 1. The van der Waals surface area contributed by atoms with Crippen LogP contribution in [0.1, 0.15) is 11.0 Å². The second-order valence-electron chi connectivity index (χ2n) is 11.6. The number of nitrogens with zero attached hydrogens (tertiary/aromatic N) is 1. The van der Waals surface area contributed by atoms with Crippen molar-refractivity contribution in [2.45, 2.75) is 0 Å². The summed E-state index contributed by atoms with van der Waals surface area (Å²) in [5.41, 5.74) is 1.42. The van der Waals surface area contributed by atoms with Gasteiger partial charge in [-0.2, -0.15) is 0 Å². The lowest BCUT2D eigenvalue weighted by atomic mass is 9.97. The predicted octanol–water partition coefficient (Wildman–Crippen LogP) is 13.1. The van der Waals surface area contributed by atoms with Crippen LogP contribution >= 0.6 is 0 Å².